The summed E-state index contributed by atoms with van der Waals surface area (Å²) in [5.41, 5.74) is 0.980. The summed E-state index contributed by atoms with van der Waals surface area (Å²) in [7, 11) is 4.59. The quantitative estimate of drug-likeness (QED) is 0.304. The summed E-state index contributed by atoms with van der Waals surface area (Å²) in [6.07, 6.45) is 0. The van der Waals surface area contributed by atoms with Crippen molar-refractivity contribution in [3.8, 4) is 17.2 Å². The minimum atomic E-state index is -1.17. The van der Waals surface area contributed by atoms with Crippen LogP contribution in [0.4, 0.5) is 0 Å². The van der Waals surface area contributed by atoms with E-state index in [4.69, 9.17) is 18.9 Å². The fourth-order valence-electron chi connectivity index (χ4n) is 4.65. The first kappa shape index (κ1) is 24.7. The van der Waals surface area contributed by atoms with Gasteiger partial charge in [0.15, 0.2) is 17.3 Å². The Bertz CT molecular complexity index is 1080. The first-order valence-electron chi connectivity index (χ1n) is 11.5. The Morgan fingerprint density at radius 2 is 1.60 bits per heavy atom. The number of rotatable bonds is 9. The monoisotopic (exact) mass is 482 g/mol. The van der Waals surface area contributed by atoms with Crippen molar-refractivity contribution in [1.82, 2.24) is 9.80 Å². The van der Waals surface area contributed by atoms with Crippen molar-refractivity contribution in [3.05, 3.63) is 53.6 Å². The minimum Gasteiger partial charge on any atom is -0.497 e. The van der Waals surface area contributed by atoms with E-state index in [1.165, 1.54) is 26.2 Å². The lowest BCUT2D eigenvalue weighted by atomic mass is 9.86. The highest BCUT2D eigenvalue weighted by Gasteiger charge is 2.51. The first-order chi connectivity index (χ1) is 17.0. The second-order valence-corrected chi connectivity index (χ2v) is 8.45. The summed E-state index contributed by atoms with van der Waals surface area (Å²) in [6.45, 7) is 3.66. The van der Waals surface area contributed by atoms with Crippen LogP contribution in [-0.2, 0) is 14.3 Å². The molecular weight excluding hydrogens is 452 g/mol. The van der Waals surface area contributed by atoms with Crippen LogP contribution in [0.1, 0.15) is 22.0 Å². The van der Waals surface area contributed by atoms with Crippen molar-refractivity contribution in [1.29, 1.82) is 0 Å². The van der Waals surface area contributed by atoms with Gasteiger partial charge in [0, 0.05) is 31.7 Å². The molecule has 2 fully saturated rings. The molecule has 0 aromatic heterocycles. The standard InChI is InChI=1S/C26H30N2O7/c1-32-19-7-4-17(5-8-19)24(29)22-23(18-6-9-20(33-2)21(16-18)34-3)28(26(31)25(22)30)11-10-27-12-14-35-15-13-27/h4-9,16,22-23H,10-15H2,1-3H3. The van der Waals surface area contributed by atoms with Gasteiger partial charge in [-0.15, -0.1) is 0 Å². The number of amides is 1. The van der Waals surface area contributed by atoms with Crippen LogP contribution in [0, 0.1) is 5.92 Å². The zero-order valence-corrected chi connectivity index (χ0v) is 20.2. The summed E-state index contributed by atoms with van der Waals surface area (Å²) in [6, 6.07) is 11.0. The number of benzene rings is 2. The van der Waals surface area contributed by atoms with Crippen LogP contribution in [0.15, 0.2) is 42.5 Å². The van der Waals surface area contributed by atoms with E-state index in [-0.39, 0.29) is 0 Å². The summed E-state index contributed by atoms with van der Waals surface area (Å²) in [4.78, 5) is 43.7. The van der Waals surface area contributed by atoms with E-state index < -0.39 is 29.4 Å². The third-order valence-electron chi connectivity index (χ3n) is 6.57. The van der Waals surface area contributed by atoms with Gasteiger partial charge in [-0.1, -0.05) is 6.07 Å². The number of methoxy groups -OCH3 is 3. The molecule has 0 radical (unpaired) electrons. The lowest BCUT2D eigenvalue weighted by Crippen LogP contribution is -2.42. The summed E-state index contributed by atoms with van der Waals surface area (Å²) in [5, 5.41) is 0. The zero-order valence-electron chi connectivity index (χ0n) is 20.2. The Labute approximate surface area is 204 Å². The minimum absolute atomic E-state index is 0.315. The molecule has 35 heavy (non-hydrogen) atoms. The number of ether oxygens (including phenoxy) is 4. The van der Waals surface area contributed by atoms with E-state index in [0.29, 0.717) is 54.7 Å². The number of ketones is 2. The predicted molar refractivity (Wildman–Crippen MR) is 127 cm³/mol. The molecule has 0 bridgehead atoms. The Hall–Kier alpha value is -3.43. The van der Waals surface area contributed by atoms with Gasteiger partial charge in [0.2, 0.25) is 5.78 Å². The molecule has 9 nitrogen and oxygen atoms in total. The van der Waals surface area contributed by atoms with E-state index in [9.17, 15) is 14.4 Å². The second-order valence-electron chi connectivity index (χ2n) is 8.45. The topological polar surface area (TPSA) is 94.6 Å². The molecular formula is C26H30N2O7. The molecule has 9 heteroatoms. The summed E-state index contributed by atoms with van der Waals surface area (Å²) in [5.74, 6) is -1.35. The van der Waals surface area contributed by atoms with Crippen molar-refractivity contribution in [2.24, 2.45) is 5.92 Å². The Balaban J connectivity index is 1.70. The highest BCUT2D eigenvalue weighted by Crippen LogP contribution is 2.41. The lowest BCUT2D eigenvalue weighted by Gasteiger charge is -2.32. The predicted octanol–water partition coefficient (Wildman–Crippen LogP) is 2.00. The van der Waals surface area contributed by atoms with Crippen molar-refractivity contribution in [3.63, 3.8) is 0 Å². The van der Waals surface area contributed by atoms with Crippen molar-refractivity contribution in [2.75, 3.05) is 60.7 Å². The Morgan fingerprint density at radius 3 is 2.23 bits per heavy atom. The molecule has 2 unspecified atom stereocenters. The number of Topliss-reactive ketones (excluding diaryl/α,β-unsaturated/α-hetero) is 2. The number of carbonyl (C=O) groups excluding carboxylic acids is 3. The molecule has 0 N–H and O–H groups in total. The van der Waals surface area contributed by atoms with E-state index in [0.717, 1.165) is 13.1 Å². The molecule has 2 aromatic rings. The van der Waals surface area contributed by atoms with Crippen LogP contribution in [0.25, 0.3) is 0 Å². The fourth-order valence-corrected chi connectivity index (χ4v) is 4.65. The van der Waals surface area contributed by atoms with Crippen LogP contribution in [-0.4, -0.2) is 88.0 Å². The normalized spacial score (nSPS) is 20.7. The fraction of sp³-hybridized carbons (Fsp3) is 0.423. The summed E-state index contributed by atoms with van der Waals surface area (Å²) >= 11 is 0. The Kier molecular flexibility index (Phi) is 7.67. The molecule has 2 atom stereocenters. The van der Waals surface area contributed by atoms with Gasteiger partial charge in [0.05, 0.1) is 40.6 Å². The van der Waals surface area contributed by atoms with Gasteiger partial charge >= 0.3 is 0 Å². The van der Waals surface area contributed by atoms with Gasteiger partial charge < -0.3 is 23.8 Å². The van der Waals surface area contributed by atoms with Gasteiger partial charge in [-0.05, 0) is 42.0 Å². The van der Waals surface area contributed by atoms with Gasteiger partial charge in [0.25, 0.3) is 5.91 Å². The number of hydrogen-bond acceptors (Lipinski definition) is 8. The van der Waals surface area contributed by atoms with Crippen LogP contribution in [0.2, 0.25) is 0 Å². The van der Waals surface area contributed by atoms with Gasteiger partial charge in [-0.2, -0.15) is 0 Å². The van der Waals surface area contributed by atoms with Crippen LogP contribution in [0.5, 0.6) is 17.2 Å². The molecule has 0 aliphatic carbocycles. The van der Waals surface area contributed by atoms with Crippen molar-refractivity contribution >= 4 is 17.5 Å². The van der Waals surface area contributed by atoms with Crippen LogP contribution >= 0.6 is 0 Å². The maximum atomic E-state index is 13.6. The molecule has 0 saturated carbocycles. The third kappa shape index (κ3) is 5.01. The van der Waals surface area contributed by atoms with E-state index in [2.05, 4.69) is 4.90 Å². The molecule has 186 valence electrons. The SMILES string of the molecule is COc1ccc(C(=O)C2C(=O)C(=O)N(CCN3CCOCC3)C2c2ccc(OC)c(OC)c2)cc1. The number of morpholine rings is 1. The molecule has 2 saturated heterocycles. The number of likely N-dealkylation sites (tertiary alicyclic amines) is 1. The Morgan fingerprint density at radius 1 is 0.914 bits per heavy atom. The van der Waals surface area contributed by atoms with Gasteiger partial charge in [-0.3, -0.25) is 19.3 Å². The van der Waals surface area contributed by atoms with Gasteiger partial charge in [0.1, 0.15) is 11.7 Å². The average Bonchev–Trinajstić information content (AvgIpc) is 3.16. The van der Waals surface area contributed by atoms with Crippen LogP contribution < -0.4 is 14.2 Å². The molecule has 2 heterocycles. The van der Waals surface area contributed by atoms with Crippen LogP contribution in [0.3, 0.4) is 0 Å². The lowest BCUT2D eigenvalue weighted by molar-refractivity contribution is -0.141. The first-order valence-corrected chi connectivity index (χ1v) is 11.5. The summed E-state index contributed by atoms with van der Waals surface area (Å²) < 4.78 is 21.4. The molecule has 2 aliphatic rings. The second kappa shape index (κ2) is 10.9. The maximum Gasteiger partial charge on any atom is 0.291 e. The molecule has 1 amide bonds. The highest BCUT2D eigenvalue weighted by atomic mass is 16.5. The van der Waals surface area contributed by atoms with Gasteiger partial charge in [-0.25, -0.2) is 0 Å². The number of hydrogen-bond donors (Lipinski definition) is 0. The molecule has 2 aliphatic heterocycles. The molecule has 4 rings (SSSR count). The van der Waals surface area contributed by atoms with E-state index in [1.807, 2.05) is 0 Å². The van der Waals surface area contributed by atoms with Crippen molar-refractivity contribution < 1.29 is 33.3 Å². The molecule has 0 spiro atoms. The number of nitrogens with zero attached hydrogens (tertiary/aromatic N) is 2. The maximum absolute atomic E-state index is 13.6. The van der Waals surface area contributed by atoms with Crippen molar-refractivity contribution in [2.45, 2.75) is 6.04 Å². The number of carbonyl (C=O) groups is 3. The average molecular weight is 483 g/mol. The largest absolute Gasteiger partial charge is 0.497 e. The van der Waals surface area contributed by atoms with E-state index in [1.54, 1.807) is 42.5 Å². The third-order valence-corrected chi connectivity index (χ3v) is 6.57. The van der Waals surface area contributed by atoms with E-state index >= 15 is 0 Å². The highest BCUT2D eigenvalue weighted by molar-refractivity contribution is 6.44. The zero-order chi connectivity index (χ0) is 24.9. The molecule has 2 aromatic carbocycles. The smallest absolute Gasteiger partial charge is 0.291 e.